The summed E-state index contributed by atoms with van der Waals surface area (Å²) in [4.78, 5) is 27.1. The number of rotatable bonds is 5. The number of halogens is 1. The van der Waals surface area contributed by atoms with Crippen molar-refractivity contribution in [2.75, 3.05) is 0 Å². The number of amides is 1. The van der Waals surface area contributed by atoms with Crippen LogP contribution >= 0.6 is 11.6 Å². The largest absolute Gasteiger partial charge is 0.480 e. The Hall–Kier alpha value is -1.62. The summed E-state index contributed by atoms with van der Waals surface area (Å²) >= 11 is 5.79. The molecule has 0 spiro atoms. The standard InChI is InChI=1S/C12H15ClN2O3/c1-3-12(4-2,11(17)18)15-10(16)8-6-5-7-14-9(8)13/h5-7H,3-4H2,1-2H3,(H,15,16)(H,17,18). The zero-order valence-corrected chi connectivity index (χ0v) is 11.0. The Balaban J connectivity index is 3.00. The van der Waals surface area contributed by atoms with Crippen LogP contribution in [0.15, 0.2) is 18.3 Å². The van der Waals surface area contributed by atoms with E-state index in [1.807, 2.05) is 0 Å². The van der Waals surface area contributed by atoms with Gasteiger partial charge in [0.1, 0.15) is 10.7 Å². The van der Waals surface area contributed by atoms with E-state index >= 15 is 0 Å². The molecular formula is C12H15ClN2O3. The normalized spacial score (nSPS) is 11.1. The lowest BCUT2D eigenvalue weighted by Crippen LogP contribution is -2.53. The Morgan fingerprint density at radius 3 is 2.50 bits per heavy atom. The summed E-state index contributed by atoms with van der Waals surface area (Å²) in [5.41, 5.74) is -1.09. The van der Waals surface area contributed by atoms with Crippen molar-refractivity contribution in [1.82, 2.24) is 10.3 Å². The number of aliphatic carboxylic acids is 1. The number of carbonyl (C=O) groups is 2. The molecule has 0 fully saturated rings. The molecule has 0 saturated carbocycles. The first-order chi connectivity index (χ1) is 8.46. The lowest BCUT2D eigenvalue weighted by Gasteiger charge is -2.28. The number of aromatic nitrogens is 1. The predicted molar refractivity (Wildman–Crippen MR) is 67.7 cm³/mol. The van der Waals surface area contributed by atoms with E-state index in [1.165, 1.54) is 12.3 Å². The van der Waals surface area contributed by atoms with Crippen LogP contribution in [0.25, 0.3) is 0 Å². The van der Waals surface area contributed by atoms with Crippen molar-refractivity contribution in [3.05, 3.63) is 29.0 Å². The Kier molecular flexibility index (Phi) is 4.67. The molecule has 0 aliphatic heterocycles. The zero-order valence-electron chi connectivity index (χ0n) is 10.2. The van der Waals surface area contributed by atoms with Crippen LogP contribution in [-0.4, -0.2) is 27.5 Å². The van der Waals surface area contributed by atoms with Gasteiger partial charge in [0.15, 0.2) is 0 Å². The van der Waals surface area contributed by atoms with Crippen LogP contribution in [0, 0.1) is 0 Å². The number of carboxylic acid groups (broad SMARTS) is 1. The Bertz CT molecular complexity index is 458. The van der Waals surface area contributed by atoms with Crippen LogP contribution in [0.4, 0.5) is 0 Å². The average molecular weight is 271 g/mol. The van der Waals surface area contributed by atoms with E-state index in [4.69, 9.17) is 11.6 Å². The fraction of sp³-hybridized carbons (Fsp3) is 0.417. The summed E-state index contributed by atoms with van der Waals surface area (Å²) in [6, 6.07) is 3.07. The second-order valence-corrected chi connectivity index (χ2v) is 4.25. The molecule has 0 atom stereocenters. The van der Waals surface area contributed by atoms with Crippen molar-refractivity contribution in [2.24, 2.45) is 0 Å². The summed E-state index contributed by atoms with van der Waals surface area (Å²) in [7, 11) is 0. The second kappa shape index (κ2) is 5.82. The highest BCUT2D eigenvalue weighted by atomic mass is 35.5. The van der Waals surface area contributed by atoms with Gasteiger partial charge in [0.2, 0.25) is 0 Å². The fourth-order valence-electron chi connectivity index (χ4n) is 1.62. The minimum atomic E-state index is -1.27. The number of carbonyl (C=O) groups excluding carboxylic acids is 1. The molecule has 0 aliphatic carbocycles. The maximum absolute atomic E-state index is 12.0. The van der Waals surface area contributed by atoms with Crippen LogP contribution in [0.5, 0.6) is 0 Å². The average Bonchev–Trinajstić information content (AvgIpc) is 2.36. The van der Waals surface area contributed by atoms with Crippen molar-refractivity contribution < 1.29 is 14.7 Å². The number of carboxylic acids is 1. The molecule has 18 heavy (non-hydrogen) atoms. The van der Waals surface area contributed by atoms with Crippen molar-refractivity contribution >= 4 is 23.5 Å². The number of nitrogens with zero attached hydrogens (tertiary/aromatic N) is 1. The van der Waals surface area contributed by atoms with E-state index < -0.39 is 17.4 Å². The molecule has 0 radical (unpaired) electrons. The topological polar surface area (TPSA) is 79.3 Å². The summed E-state index contributed by atoms with van der Waals surface area (Å²) < 4.78 is 0. The van der Waals surface area contributed by atoms with Crippen LogP contribution < -0.4 is 5.32 Å². The lowest BCUT2D eigenvalue weighted by atomic mass is 9.92. The van der Waals surface area contributed by atoms with E-state index in [1.54, 1.807) is 19.9 Å². The van der Waals surface area contributed by atoms with Crippen molar-refractivity contribution in [2.45, 2.75) is 32.2 Å². The van der Waals surface area contributed by atoms with E-state index in [0.717, 1.165) is 0 Å². The third-order valence-electron chi connectivity index (χ3n) is 2.97. The molecule has 0 unspecified atom stereocenters. The van der Waals surface area contributed by atoms with Gasteiger partial charge in [-0.25, -0.2) is 9.78 Å². The smallest absolute Gasteiger partial charge is 0.329 e. The molecule has 0 aliphatic rings. The third-order valence-corrected chi connectivity index (χ3v) is 3.27. The number of pyridine rings is 1. The minimum Gasteiger partial charge on any atom is -0.480 e. The highest BCUT2D eigenvalue weighted by Crippen LogP contribution is 2.18. The molecule has 1 rings (SSSR count). The number of hydrogen-bond acceptors (Lipinski definition) is 3. The van der Waals surface area contributed by atoms with E-state index in [2.05, 4.69) is 10.3 Å². The monoisotopic (exact) mass is 270 g/mol. The first-order valence-electron chi connectivity index (χ1n) is 5.63. The van der Waals surface area contributed by atoms with Gasteiger partial charge < -0.3 is 10.4 Å². The van der Waals surface area contributed by atoms with Gasteiger partial charge in [-0.2, -0.15) is 0 Å². The van der Waals surface area contributed by atoms with Crippen LogP contribution in [0.2, 0.25) is 5.15 Å². The maximum Gasteiger partial charge on any atom is 0.329 e. The summed E-state index contributed by atoms with van der Waals surface area (Å²) in [6.07, 6.45) is 2.05. The first-order valence-corrected chi connectivity index (χ1v) is 6.01. The predicted octanol–water partition coefficient (Wildman–Crippen LogP) is 2.11. The summed E-state index contributed by atoms with van der Waals surface area (Å²) in [6.45, 7) is 3.42. The lowest BCUT2D eigenvalue weighted by molar-refractivity contribution is -0.144. The molecule has 1 amide bonds. The second-order valence-electron chi connectivity index (χ2n) is 3.89. The number of hydrogen-bond donors (Lipinski definition) is 2. The molecule has 98 valence electrons. The molecule has 1 heterocycles. The number of nitrogens with one attached hydrogen (secondary N) is 1. The van der Waals surface area contributed by atoms with Gasteiger partial charge in [0, 0.05) is 6.20 Å². The Labute approximate surface area is 110 Å². The van der Waals surface area contributed by atoms with E-state index in [0.29, 0.717) is 12.8 Å². The third kappa shape index (κ3) is 2.79. The first kappa shape index (κ1) is 14.4. The van der Waals surface area contributed by atoms with Crippen LogP contribution in [0.1, 0.15) is 37.0 Å². The molecule has 0 aromatic carbocycles. The van der Waals surface area contributed by atoms with Gasteiger partial charge in [-0.05, 0) is 25.0 Å². The van der Waals surface area contributed by atoms with Gasteiger partial charge >= 0.3 is 5.97 Å². The summed E-state index contributed by atoms with van der Waals surface area (Å²) in [5, 5.41) is 11.8. The maximum atomic E-state index is 12.0. The molecule has 2 N–H and O–H groups in total. The fourth-order valence-corrected chi connectivity index (χ4v) is 1.83. The minimum absolute atomic E-state index is 0.0569. The highest BCUT2D eigenvalue weighted by Gasteiger charge is 2.36. The van der Waals surface area contributed by atoms with Gasteiger partial charge in [-0.1, -0.05) is 25.4 Å². The van der Waals surface area contributed by atoms with E-state index in [9.17, 15) is 14.7 Å². The van der Waals surface area contributed by atoms with Crippen molar-refractivity contribution in [1.29, 1.82) is 0 Å². The van der Waals surface area contributed by atoms with Crippen molar-refractivity contribution in [3.8, 4) is 0 Å². The van der Waals surface area contributed by atoms with Gasteiger partial charge in [-0.15, -0.1) is 0 Å². The van der Waals surface area contributed by atoms with Gasteiger partial charge in [-0.3, -0.25) is 4.79 Å². The summed E-state index contributed by atoms with van der Waals surface area (Å²) in [5.74, 6) is -1.58. The van der Waals surface area contributed by atoms with Crippen LogP contribution in [-0.2, 0) is 4.79 Å². The molecule has 5 nitrogen and oxygen atoms in total. The SMILES string of the molecule is CCC(CC)(NC(=O)c1cccnc1Cl)C(=O)O. The molecule has 1 aromatic rings. The zero-order chi connectivity index (χ0) is 13.8. The molecule has 0 bridgehead atoms. The van der Waals surface area contributed by atoms with Crippen molar-refractivity contribution in [3.63, 3.8) is 0 Å². The Morgan fingerprint density at radius 1 is 1.44 bits per heavy atom. The molecule has 1 aromatic heterocycles. The van der Waals surface area contributed by atoms with Crippen LogP contribution in [0.3, 0.4) is 0 Å². The quantitative estimate of drug-likeness (QED) is 0.803. The molecule has 0 saturated heterocycles. The van der Waals surface area contributed by atoms with E-state index in [-0.39, 0.29) is 10.7 Å². The van der Waals surface area contributed by atoms with Gasteiger partial charge in [0.05, 0.1) is 5.56 Å². The molecular weight excluding hydrogens is 256 g/mol. The highest BCUT2D eigenvalue weighted by molar-refractivity contribution is 6.32. The Morgan fingerprint density at radius 2 is 2.06 bits per heavy atom. The van der Waals surface area contributed by atoms with Gasteiger partial charge in [0.25, 0.3) is 5.91 Å². The molecule has 6 heteroatoms.